The highest BCUT2D eigenvalue weighted by atomic mass is 16.5. The number of rotatable bonds is 2. The Kier molecular flexibility index (Phi) is 3.42. The van der Waals surface area contributed by atoms with E-state index in [1.165, 1.54) is 0 Å². The van der Waals surface area contributed by atoms with Crippen molar-refractivity contribution < 1.29 is 9.53 Å². The molecular weight excluding hydrogens is 252 g/mol. The van der Waals surface area contributed by atoms with Gasteiger partial charge in [0.15, 0.2) is 0 Å². The molecule has 4 heteroatoms. The van der Waals surface area contributed by atoms with E-state index >= 15 is 0 Å². The van der Waals surface area contributed by atoms with E-state index in [1.54, 1.807) is 7.11 Å². The van der Waals surface area contributed by atoms with Gasteiger partial charge in [0.2, 0.25) is 0 Å². The molecule has 4 nitrogen and oxygen atoms in total. The van der Waals surface area contributed by atoms with Gasteiger partial charge < -0.3 is 15.0 Å². The molecule has 3 atom stereocenters. The molecule has 0 spiro atoms. The quantitative estimate of drug-likeness (QED) is 0.894. The summed E-state index contributed by atoms with van der Waals surface area (Å²) >= 11 is 0. The minimum atomic E-state index is 0.106. The lowest BCUT2D eigenvalue weighted by Crippen LogP contribution is -2.42. The fraction of sp³-hybridized carbons (Fsp3) is 0.562. The van der Waals surface area contributed by atoms with Crippen LogP contribution < -0.4 is 10.1 Å². The van der Waals surface area contributed by atoms with Crippen LogP contribution in [0.4, 0.5) is 0 Å². The highest BCUT2D eigenvalue weighted by molar-refractivity contribution is 5.97. The fourth-order valence-corrected chi connectivity index (χ4v) is 3.64. The average Bonchev–Trinajstić information content (AvgIpc) is 2.97. The molecule has 0 saturated carbocycles. The Morgan fingerprint density at radius 2 is 2.20 bits per heavy atom. The molecule has 108 valence electrons. The van der Waals surface area contributed by atoms with Crippen LogP contribution in [0, 0.1) is 12.8 Å². The topological polar surface area (TPSA) is 41.6 Å². The normalized spacial score (nSPS) is 28.6. The van der Waals surface area contributed by atoms with Crippen LogP contribution in [-0.2, 0) is 0 Å². The van der Waals surface area contributed by atoms with Crippen LogP contribution in [0.5, 0.6) is 5.75 Å². The Hall–Kier alpha value is -1.55. The monoisotopic (exact) mass is 274 g/mol. The predicted octanol–water partition coefficient (Wildman–Crippen LogP) is 1.83. The van der Waals surface area contributed by atoms with E-state index in [0.29, 0.717) is 29.3 Å². The van der Waals surface area contributed by atoms with Crippen LogP contribution in [0.3, 0.4) is 0 Å². The minimum absolute atomic E-state index is 0.106. The summed E-state index contributed by atoms with van der Waals surface area (Å²) in [6.45, 7) is 6.10. The molecule has 1 amide bonds. The number of likely N-dealkylation sites (tertiary alicyclic amines) is 1. The van der Waals surface area contributed by atoms with E-state index in [1.807, 2.05) is 25.1 Å². The third-order valence-corrected chi connectivity index (χ3v) is 4.60. The van der Waals surface area contributed by atoms with Gasteiger partial charge in [-0.05, 0) is 38.3 Å². The lowest BCUT2D eigenvalue weighted by atomic mass is 10.0. The fourth-order valence-electron chi connectivity index (χ4n) is 3.64. The number of nitrogens with one attached hydrogen (secondary N) is 1. The molecule has 1 N–H and O–H groups in total. The lowest BCUT2D eigenvalue weighted by molar-refractivity contribution is 0.0678. The zero-order valence-electron chi connectivity index (χ0n) is 12.3. The third kappa shape index (κ3) is 2.08. The van der Waals surface area contributed by atoms with Crippen molar-refractivity contribution in [1.82, 2.24) is 10.2 Å². The van der Waals surface area contributed by atoms with Crippen molar-refractivity contribution in [1.29, 1.82) is 0 Å². The molecule has 3 unspecified atom stereocenters. The number of methoxy groups -OCH3 is 1. The third-order valence-electron chi connectivity index (χ3n) is 4.60. The predicted molar refractivity (Wildman–Crippen MR) is 78.1 cm³/mol. The number of aryl methyl sites for hydroxylation is 1. The second kappa shape index (κ2) is 5.09. The molecule has 0 aliphatic carbocycles. The lowest BCUT2D eigenvalue weighted by Gasteiger charge is -2.28. The molecule has 1 aromatic carbocycles. The van der Waals surface area contributed by atoms with Gasteiger partial charge in [-0.1, -0.05) is 11.6 Å². The Morgan fingerprint density at radius 3 is 2.95 bits per heavy atom. The second-order valence-electron chi connectivity index (χ2n) is 5.99. The van der Waals surface area contributed by atoms with Crippen molar-refractivity contribution in [3.05, 3.63) is 29.3 Å². The average molecular weight is 274 g/mol. The molecule has 0 aromatic heterocycles. The molecular formula is C16H22N2O2. The maximum absolute atomic E-state index is 13.0. The van der Waals surface area contributed by atoms with Gasteiger partial charge in [0.05, 0.1) is 12.7 Å². The summed E-state index contributed by atoms with van der Waals surface area (Å²) in [5, 5.41) is 3.40. The first kappa shape index (κ1) is 13.4. The van der Waals surface area contributed by atoms with Crippen LogP contribution in [-0.4, -0.2) is 43.1 Å². The molecule has 1 aromatic rings. The number of benzene rings is 1. The van der Waals surface area contributed by atoms with Crippen LogP contribution in [0.15, 0.2) is 18.2 Å². The summed E-state index contributed by atoms with van der Waals surface area (Å²) in [6, 6.07) is 6.44. The number of carbonyl (C=O) groups is 1. The van der Waals surface area contributed by atoms with Crippen molar-refractivity contribution in [2.45, 2.75) is 32.4 Å². The summed E-state index contributed by atoms with van der Waals surface area (Å²) in [5.41, 5.74) is 1.77. The van der Waals surface area contributed by atoms with Gasteiger partial charge in [0, 0.05) is 25.2 Å². The SMILES string of the molecule is COc1ccc(C)cc1C(=O)N1C(C)CC2CNCC21. The molecule has 20 heavy (non-hydrogen) atoms. The molecule has 2 heterocycles. The van der Waals surface area contributed by atoms with Crippen LogP contribution >= 0.6 is 0 Å². The highest BCUT2D eigenvalue weighted by Crippen LogP contribution is 2.34. The molecule has 2 aliphatic rings. The number of fused-ring (bicyclic) bond motifs is 1. The summed E-state index contributed by atoms with van der Waals surface area (Å²) in [6.07, 6.45) is 1.09. The number of hydrogen-bond acceptors (Lipinski definition) is 3. The van der Waals surface area contributed by atoms with E-state index in [4.69, 9.17) is 4.74 Å². The zero-order valence-corrected chi connectivity index (χ0v) is 12.3. The molecule has 2 fully saturated rings. The van der Waals surface area contributed by atoms with E-state index in [2.05, 4.69) is 17.1 Å². The van der Waals surface area contributed by atoms with Gasteiger partial charge in [-0.2, -0.15) is 0 Å². The Morgan fingerprint density at radius 1 is 1.40 bits per heavy atom. The summed E-state index contributed by atoms with van der Waals surface area (Å²) in [7, 11) is 1.62. The number of nitrogens with zero attached hydrogens (tertiary/aromatic N) is 1. The largest absolute Gasteiger partial charge is 0.496 e. The Bertz CT molecular complexity index is 529. The van der Waals surface area contributed by atoms with E-state index in [9.17, 15) is 4.79 Å². The van der Waals surface area contributed by atoms with Gasteiger partial charge >= 0.3 is 0 Å². The van der Waals surface area contributed by atoms with E-state index in [-0.39, 0.29) is 5.91 Å². The zero-order chi connectivity index (χ0) is 14.3. The standard InChI is InChI=1S/C16H22N2O2/c1-10-4-5-15(20-3)13(6-10)16(19)18-11(2)7-12-8-17-9-14(12)18/h4-6,11-12,14,17H,7-9H2,1-3H3. The smallest absolute Gasteiger partial charge is 0.258 e. The number of ether oxygens (including phenoxy) is 1. The first-order chi connectivity index (χ1) is 9.61. The molecule has 0 radical (unpaired) electrons. The first-order valence-electron chi connectivity index (χ1n) is 7.30. The van der Waals surface area contributed by atoms with Crippen LogP contribution in [0.1, 0.15) is 29.3 Å². The van der Waals surface area contributed by atoms with Crippen molar-refractivity contribution in [2.75, 3.05) is 20.2 Å². The number of carbonyl (C=O) groups excluding carboxylic acids is 1. The highest BCUT2D eigenvalue weighted by Gasteiger charge is 2.44. The number of amides is 1. The molecule has 3 rings (SSSR count). The van der Waals surface area contributed by atoms with Crippen molar-refractivity contribution in [2.24, 2.45) is 5.92 Å². The Labute approximate surface area is 120 Å². The van der Waals surface area contributed by atoms with E-state index in [0.717, 1.165) is 25.1 Å². The van der Waals surface area contributed by atoms with Gasteiger partial charge in [0.25, 0.3) is 5.91 Å². The molecule has 2 aliphatic heterocycles. The number of hydrogen-bond donors (Lipinski definition) is 1. The van der Waals surface area contributed by atoms with Crippen LogP contribution in [0.25, 0.3) is 0 Å². The Balaban J connectivity index is 1.94. The van der Waals surface area contributed by atoms with Gasteiger partial charge in [0.1, 0.15) is 5.75 Å². The first-order valence-corrected chi connectivity index (χ1v) is 7.30. The van der Waals surface area contributed by atoms with Crippen molar-refractivity contribution in [3.8, 4) is 5.75 Å². The summed E-state index contributed by atoms with van der Waals surface area (Å²) in [5.74, 6) is 1.38. The molecule has 2 saturated heterocycles. The maximum Gasteiger partial charge on any atom is 0.258 e. The van der Waals surface area contributed by atoms with E-state index < -0.39 is 0 Å². The summed E-state index contributed by atoms with van der Waals surface area (Å²) < 4.78 is 5.36. The van der Waals surface area contributed by atoms with Gasteiger partial charge in [-0.15, -0.1) is 0 Å². The van der Waals surface area contributed by atoms with Crippen LogP contribution in [0.2, 0.25) is 0 Å². The van der Waals surface area contributed by atoms with Crippen molar-refractivity contribution in [3.63, 3.8) is 0 Å². The van der Waals surface area contributed by atoms with Gasteiger partial charge in [-0.25, -0.2) is 0 Å². The van der Waals surface area contributed by atoms with Gasteiger partial charge in [-0.3, -0.25) is 4.79 Å². The minimum Gasteiger partial charge on any atom is -0.496 e. The van der Waals surface area contributed by atoms with Crippen molar-refractivity contribution >= 4 is 5.91 Å². The second-order valence-corrected chi connectivity index (χ2v) is 5.99. The molecule has 0 bridgehead atoms. The maximum atomic E-state index is 13.0. The summed E-state index contributed by atoms with van der Waals surface area (Å²) in [4.78, 5) is 15.0.